The number of sulfonamides is 1. The first-order valence-electron chi connectivity index (χ1n) is 10.7. The van der Waals surface area contributed by atoms with E-state index in [9.17, 15) is 8.42 Å². The molecule has 1 heterocycles. The monoisotopic (exact) mass is 451 g/mol. The number of para-hydroxylation sites is 1. The third kappa shape index (κ3) is 5.31. The Hall–Kier alpha value is -2.83. The second kappa shape index (κ2) is 8.96. The molecule has 0 spiro atoms. The molecule has 0 aromatic heterocycles. The Morgan fingerprint density at radius 2 is 1.56 bits per heavy atom. The quantitative estimate of drug-likeness (QED) is 0.429. The van der Waals surface area contributed by atoms with Crippen molar-refractivity contribution in [1.82, 2.24) is 0 Å². The molecule has 32 heavy (non-hydrogen) atoms. The molecule has 1 atom stereocenters. The maximum absolute atomic E-state index is 13.6. The standard InChI is InChI=1S/C26H29NO4S/c1-26(2,3)24-16-22(14-15-25(24)31-18-23-17-30-23)27(21-12-8-5-9-13-21)32(28,29)19-20-10-6-4-7-11-20/h4-16,23H,17-19H2,1-3H3. The first kappa shape index (κ1) is 22.4. The van der Waals surface area contributed by atoms with Crippen LogP contribution in [0, 0.1) is 0 Å². The van der Waals surface area contributed by atoms with Crippen molar-refractivity contribution in [1.29, 1.82) is 0 Å². The third-order valence-corrected chi connectivity index (χ3v) is 6.97. The molecule has 1 unspecified atom stereocenters. The smallest absolute Gasteiger partial charge is 0.243 e. The molecule has 1 saturated heterocycles. The van der Waals surface area contributed by atoms with Crippen LogP contribution in [0.15, 0.2) is 78.9 Å². The number of hydrogen-bond acceptors (Lipinski definition) is 4. The Kier molecular flexibility index (Phi) is 6.26. The van der Waals surface area contributed by atoms with E-state index in [1.54, 1.807) is 0 Å². The molecule has 168 valence electrons. The SMILES string of the molecule is CC(C)(C)c1cc(N(c2ccccc2)S(=O)(=O)Cc2ccccc2)ccc1OCC1CO1. The molecule has 3 aromatic rings. The summed E-state index contributed by atoms with van der Waals surface area (Å²) in [5.41, 5.74) is 2.65. The van der Waals surface area contributed by atoms with E-state index in [1.807, 2.05) is 78.9 Å². The van der Waals surface area contributed by atoms with Crippen LogP contribution in [0.3, 0.4) is 0 Å². The predicted molar refractivity (Wildman–Crippen MR) is 128 cm³/mol. The summed E-state index contributed by atoms with van der Waals surface area (Å²) in [6.07, 6.45) is 0.148. The molecule has 4 rings (SSSR count). The van der Waals surface area contributed by atoms with E-state index in [1.165, 1.54) is 4.31 Å². The van der Waals surface area contributed by atoms with Crippen LogP contribution in [0.4, 0.5) is 11.4 Å². The summed E-state index contributed by atoms with van der Waals surface area (Å²) in [6.45, 7) is 7.51. The summed E-state index contributed by atoms with van der Waals surface area (Å²) < 4.78 is 40.0. The van der Waals surface area contributed by atoms with E-state index < -0.39 is 10.0 Å². The molecular weight excluding hydrogens is 422 g/mol. The number of benzene rings is 3. The molecular formula is C26H29NO4S. The molecule has 1 aliphatic heterocycles. The van der Waals surface area contributed by atoms with E-state index in [0.29, 0.717) is 18.0 Å². The number of hydrogen-bond donors (Lipinski definition) is 0. The van der Waals surface area contributed by atoms with Crippen molar-refractivity contribution in [3.05, 3.63) is 90.0 Å². The van der Waals surface area contributed by atoms with Gasteiger partial charge >= 0.3 is 0 Å². The van der Waals surface area contributed by atoms with Crippen molar-refractivity contribution in [3.8, 4) is 5.75 Å². The Morgan fingerprint density at radius 1 is 0.938 bits per heavy atom. The van der Waals surface area contributed by atoms with Crippen LogP contribution in [0.1, 0.15) is 31.9 Å². The van der Waals surface area contributed by atoms with Gasteiger partial charge in [0.15, 0.2) is 0 Å². The summed E-state index contributed by atoms with van der Waals surface area (Å²) in [6, 6.07) is 24.1. The van der Waals surface area contributed by atoms with Crippen molar-refractivity contribution in [2.24, 2.45) is 0 Å². The van der Waals surface area contributed by atoms with Crippen molar-refractivity contribution in [2.45, 2.75) is 38.0 Å². The lowest BCUT2D eigenvalue weighted by Gasteiger charge is -2.28. The van der Waals surface area contributed by atoms with Crippen LogP contribution in [0.5, 0.6) is 5.75 Å². The van der Waals surface area contributed by atoms with Crippen LogP contribution in [0.25, 0.3) is 0 Å². The Labute approximate surface area is 190 Å². The van der Waals surface area contributed by atoms with E-state index in [4.69, 9.17) is 9.47 Å². The maximum Gasteiger partial charge on any atom is 0.243 e. The summed E-state index contributed by atoms with van der Waals surface area (Å²) in [7, 11) is -3.70. The number of epoxide rings is 1. The lowest BCUT2D eigenvalue weighted by atomic mass is 9.86. The van der Waals surface area contributed by atoms with Gasteiger partial charge in [0.05, 0.1) is 23.7 Å². The fourth-order valence-electron chi connectivity index (χ4n) is 3.59. The van der Waals surface area contributed by atoms with Crippen LogP contribution in [0.2, 0.25) is 0 Å². The second-order valence-corrected chi connectivity index (χ2v) is 10.9. The summed E-state index contributed by atoms with van der Waals surface area (Å²) in [4.78, 5) is 0. The zero-order chi connectivity index (χ0) is 22.8. The largest absolute Gasteiger partial charge is 0.490 e. The van der Waals surface area contributed by atoms with Gasteiger partial charge in [-0.15, -0.1) is 0 Å². The van der Waals surface area contributed by atoms with E-state index >= 15 is 0 Å². The minimum Gasteiger partial charge on any atom is -0.490 e. The first-order valence-corrected chi connectivity index (χ1v) is 12.4. The minimum atomic E-state index is -3.70. The Morgan fingerprint density at radius 3 is 2.16 bits per heavy atom. The van der Waals surface area contributed by atoms with Gasteiger partial charge in [-0.2, -0.15) is 0 Å². The van der Waals surface area contributed by atoms with Crippen molar-refractivity contribution >= 4 is 21.4 Å². The molecule has 6 heteroatoms. The highest BCUT2D eigenvalue weighted by atomic mass is 32.2. The van der Waals surface area contributed by atoms with Gasteiger partial charge in [-0.3, -0.25) is 0 Å². The summed E-state index contributed by atoms with van der Waals surface area (Å²) in [5, 5.41) is 0. The van der Waals surface area contributed by atoms with E-state index in [2.05, 4.69) is 20.8 Å². The van der Waals surface area contributed by atoms with Gasteiger partial charge in [-0.25, -0.2) is 12.7 Å². The number of anilines is 2. The van der Waals surface area contributed by atoms with Gasteiger partial charge in [-0.05, 0) is 41.3 Å². The van der Waals surface area contributed by atoms with Crippen LogP contribution in [-0.4, -0.2) is 27.7 Å². The van der Waals surface area contributed by atoms with Gasteiger partial charge in [0.1, 0.15) is 18.5 Å². The molecule has 5 nitrogen and oxygen atoms in total. The second-order valence-electron chi connectivity index (χ2n) is 9.04. The van der Waals surface area contributed by atoms with Gasteiger partial charge < -0.3 is 9.47 Å². The van der Waals surface area contributed by atoms with Gasteiger partial charge in [0.25, 0.3) is 0 Å². The van der Waals surface area contributed by atoms with Crippen molar-refractivity contribution in [3.63, 3.8) is 0 Å². The predicted octanol–water partition coefficient (Wildman–Crippen LogP) is 5.43. The Bertz CT molecular complexity index is 1150. The lowest BCUT2D eigenvalue weighted by molar-refractivity contribution is 0.258. The number of rotatable bonds is 8. The van der Waals surface area contributed by atoms with Crippen molar-refractivity contribution < 1.29 is 17.9 Å². The lowest BCUT2D eigenvalue weighted by Crippen LogP contribution is -2.28. The summed E-state index contributed by atoms with van der Waals surface area (Å²) in [5.74, 6) is 0.662. The van der Waals surface area contributed by atoms with Gasteiger partial charge in [0.2, 0.25) is 10.0 Å². The fourth-order valence-corrected chi connectivity index (χ4v) is 5.21. The van der Waals surface area contributed by atoms with Crippen LogP contribution in [-0.2, 0) is 25.9 Å². The molecule has 0 bridgehead atoms. The zero-order valence-corrected chi connectivity index (χ0v) is 19.5. The summed E-state index contributed by atoms with van der Waals surface area (Å²) >= 11 is 0. The number of nitrogens with zero attached hydrogens (tertiary/aromatic N) is 1. The van der Waals surface area contributed by atoms with Crippen molar-refractivity contribution in [2.75, 3.05) is 17.5 Å². The minimum absolute atomic E-state index is 0.0924. The highest BCUT2D eigenvalue weighted by Gasteiger charge is 2.29. The molecule has 0 aliphatic carbocycles. The highest BCUT2D eigenvalue weighted by molar-refractivity contribution is 7.92. The average molecular weight is 452 g/mol. The zero-order valence-electron chi connectivity index (χ0n) is 18.7. The van der Waals surface area contributed by atoms with Crippen LogP contribution >= 0.6 is 0 Å². The van der Waals surface area contributed by atoms with E-state index in [0.717, 1.165) is 23.5 Å². The molecule has 0 amide bonds. The molecule has 0 radical (unpaired) electrons. The molecule has 3 aromatic carbocycles. The van der Waals surface area contributed by atoms with E-state index in [-0.39, 0.29) is 17.3 Å². The number of ether oxygens (including phenoxy) is 2. The molecule has 0 saturated carbocycles. The highest BCUT2D eigenvalue weighted by Crippen LogP contribution is 2.38. The van der Waals surface area contributed by atoms with Gasteiger partial charge in [0, 0.05) is 5.56 Å². The average Bonchev–Trinajstić information content (AvgIpc) is 3.58. The Balaban J connectivity index is 1.77. The fraction of sp³-hybridized carbons (Fsp3) is 0.308. The first-order chi connectivity index (χ1) is 15.2. The maximum atomic E-state index is 13.6. The third-order valence-electron chi connectivity index (χ3n) is 5.29. The molecule has 1 aliphatic rings. The normalized spacial score (nSPS) is 15.9. The van der Waals surface area contributed by atoms with Gasteiger partial charge in [-0.1, -0.05) is 69.3 Å². The molecule has 1 fully saturated rings. The topological polar surface area (TPSA) is 59.1 Å². The molecule has 0 N–H and O–H groups in total. The van der Waals surface area contributed by atoms with Crippen LogP contribution < -0.4 is 9.04 Å².